The van der Waals surface area contributed by atoms with Crippen LogP contribution < -0.4 is 10.2 Å². The Kier molecular flexibility index (Phi) is 6.04. The summed E-state index contributed by atoms with van der Waals surface area (Å²) < 4.78 is 0. The standard InChI is InChI=1S/C18H31N3/c1-5-11-19-15(3)16-10-12-20-18(13-16)21(4)17-9-7-6-8-14(17)2/h10,12-15,17,19H,5-9,11H2,1-4H3. The van der Waals surface area contributed by atoms with Crippen LogP contribution in [-0.2, 0) is 0 Å². The van der Waals surface area contributed by atoms with Gasteiger partial charge >= 0.3 is 0 Å². The Morgan fingerprint density at radius 1 is 1.38 bits per heavy atom. The van der Waals surface area contributed by atoms with Crippen LogP contribution in [0.15, 0.2) is 18.3 Å². The molecule has 0 spiro atoms. The Morgan fingerprint density at radius 3 is 2.86 bits per heavy atom. The van der Waals surface area contributed by atoms with Gasteiger partial charge in [0.25, 0.3) is 0 Å². The lowest BCUT2D eigenvalue weighted by Crippen LogP contribution is -2.39. The Hall–Kier alpha value is -1.09. The zero-order chi connectivity index (χ0) is 15.2. The van der Waals surface area contributed by atoms with Gasteiger partial charge in [-0.3, -0.25) is 0 Å². The highest BCUT2D eigenvalue weighted by Gasteiger charge is 2.25. The molecule has 0 aliphatic heterocycles. The first-order chi connectivity index (χ1) is 10.1. The normalized spacial score (nSPS) is 23.8. The number of hydrogen-bond donors (Lipinski definition) is 1. The molecule has 3 heteroatoms. The fraction of sp³-hybridized carbons (Fsp3) is 0.722. The van der Waals surface area contributed by atoms with E-state index in [9.17, 15) is 0 Å². The lowest BCUT2D eigenvalue weighted by Gasteiger charge is -2.37. The highest BCUT2D eigenvalue weighted by atomic mass is 15.2. The fourth-order valence-corrected chi connectivity index (χ4v) is 3.42. The summed E-state index contributed by atoms with van der Waals surface area (Å²) in [4.78, 5) is 7.01. The van der Waals surface area contributed by atoms with Crippen molar-refractivity contribution in [2.45, 2.75) is 65.0 Å². The van der Waals surface area contributed by atoms with Crippen LogP contribution in [0.1, 0.15) is 64.5 Å². The second kappa shape index (κ2) is 7.79. The lowest BCUT2D eigenvalue weighted by molar-refractivity contribution is 0.320. The summed E-state index contributed by atoms with van der Waals surface area (Å²) in [5, 5.41) is 3.56. The first-order valence-corrected chi connectivity index (χ1v) is 8.55. The number of nitrogens with zero attached hydrogens (tertiary/aromatic N) is 2. The molecule has 1 N–H and O–H groups in total. The highest BCUT2D eigenvalue weighted by molar-refractivity contribution is 5.42. The monoisotopic (exact) mass is 289 g/mol. The van der Waals surface area contributed by atoms with Crippen LogP contribution in [-0.4, -0.2) is 24.6 Å². The molecule has 1 aromatic heterocycles. The summed E-state index contributed by atoms with van der Waals surface area (Å²) in [6.07, 6.45) is 8.52. The average Bonchev–Trinajstić information content (AvgIpc) is 2.52. The summed E-state index contributed by atoms with van der Waals surface area (Å²) in [6.45, 7) is 7.89. The molecule has 118 valence electrons. The predicted molar refractivity (Wildman–Crippen MR) is 90.8 cm³/mol. The average molecular weight is 289 g/mol. The third-order valence-corrected chi connectivity index (χ3v) is 4.90. The number of rotatable bonds is 6. The summed E-state index contributed by atoms with van der Waals surface area (Å²) >= 11 is 0. The Labute approximate surface area is 130 Å². The summed E-state index contributed by atoms with van der Waals surface area (Å²) in [5.74, 6) is 1.89. The molecule has 21 heavy (non-hydrogen) atoms. The van der Waals surface area contributed by atoms with Gasteiger partial charge in [0.15, 0.2) is 0 Å². The van der Waals surface area contributed by atoms with Gasteiger partial charge in [-0.1, -0.05) is 26.7 Å². The van der Waals surface area contributed by atoms with Crippen molar-refractivity contribution in [3.05, 3.63) is 23.9 Å². The van der Waals surface area contributed by atoms with Gasteiger partial charge in [-0.05, 0) is 56.3 Å². The Bertz CT molecular complexity index is 432. The fourth-order valence-electron chi connectivity index (χ4n) is 3.42. The molecule has 1 aromatic rings. The molecule has 3 unspecified atom stereocenters. The molecule has 0 bridgehead atoms. The highest BCUT2D eigenvalue weighted by Crippen LogP contribution is 2.30. The minimum Gasteiger partial charge on any atom is -0.356 e. The van der Waals surface area contributed by atoms with Crippen LogP contribution in [0.2, 0.25) is 0 Å². The molecule has 1 fully saturated rings. The van der Waals surface area contributed by atoms with Gasteiger partial charge in [0, 0.05) is 25.3 Å². The summed E-state index contributed by atoms with van der Waals surface area (Å²) in [7, 11) is 2.21. The van der Waals surface area contributed by atoms with Crippen molar-refractivity contribution in [3.8, 4) is 0 Å². The molecule has 0 amide bonds. The van der Waals surface area contributed by atoms with E-state index in [1.54, 1.807) is 0 Å². The van der Waals surface area contributed by atoms with E-state index < -0.39 is 0 Å². The molecular formula is C18H31N3. The minimum absolute atomic E-state index is 0.392. The first-order valence-electron chi connectivity index (χ1n) is 8.55. The molecule has 2 rings (SSSR count). The second-order valence-corrected chi connectivity index (χ2v) is 6.56. The van der Waals surface area contributed by atoms with Gasteiger partial charge < -0.3 is 10.2 Å². The van der Waals surface area contributed by atoms with Crippen molar-refractivity contribution in [2.24, 2.45) is 5.92 Å². The quantitative estimate of drug-likeness (QED) is 0.852. The topological polar surface area (TPSA) is 28.2 Å². The van der Waals surface area contributed by atoms with Gasteiger partial charge in [-0.15, -0.1) is 0 Å². The van der Waals surface area contributed by atoms with Crippen molar-refractivity contribution >= 4 is 5.82 Å². The Morgan fingerprint density at radius 2 is 2.14 bits per heavy atom. The van der Waals surface area contributed by atoms with Crippen LogP contribution in [0.3, 0.4) is 0 Å². The molecule has 1 aliphatic carbocycles. The zero-order valence-electron chi connectivity index (χ0n) is 14.1. The third kappa shape index (κ3) is 4.19. The van der Waals surface area contributed by atoms with Crippen molar-refractivity contribution in [1.82, 2.24) is 10.3 Å². The van der Waals surface area contributed by atoms with E-state index in [1.165, 1.54) is 37.7 Å². The van der Waals surface area contributed by atoms with Crippen LogP contribution in [0.25, 0.3) is 0 Å². The molecule has 3 nitrogen and oxygen atoms in total. The van der Waals surface area contributed by atoms with Gasteiger partial charge in [0.2, 0.25) is 0 Å². The van der Waals surface area contributed by atoms with Gasteiger partial charge in [-0.2, -0.15) is 0 Å². The number of nitrogens with one attached hydrogen (secondary N) is 1. The van der Waals surface area contributed by atoms with Crippen LogP contribution in [0.5, 0.6) is 0 Å². The molecule has 1 aliphatic rings. The van der Waals surface area contributed by atoms with Crippen molar-refractivity contribution < 1.29 is 0 Å². The molecule has 3 atom stereocenters. The van der Waals surface area contributed by atoms with Crippen LogP contribution in [0, 0.1) is 5.92 Å². The van der Waals surface area contributed by atoms with Gasteiger partial charge in [0.1, 0.15) is 5.82 Å². The van der Waals surface area contributed by atoms with Crippen molar-refractivity contribution in [1.29, 1.82) is 0 Å². The second-order valence-electron chi connectivity index (χ2n) is 6.56. The van der Waals surface area contributed by atoms with E-state index in [2.05, 4.69) is 55.2 Å². The summed E-state index contributed by atoms with van der Waals surface area (Å²) in [6, 6.07) is 5.42. The molecule has 0 radical (unpaired) electrons. The Balaban J connectivity index is 2.08. The molecular weight excluding hydrogens is 258 g/mol. The van der Waals surface area contributed by atoms with Crippen molar-refractivity contribution in [3.63, 3.8) is 0 Å². The molecule has 0 aromatic carbocycles. The smallest absolute Gasteiger partial charge is 0.128 e. The van der Waals surface area contributed by atoms with Crippen LogP contribution >= 0.6 is 0 Å². The molecule has 1 heterocycles. The first kappa shape index (κ1) is 16.3. The number of hydrogen-bond acceptors (Lipinski definition) is 3. The van der Waals surface area contributed by atoms with Gasteiger partial charge in [0.05, 0.1) is 0 Å². The zero-order valence-corrected chi connectivity index (χ0v) is 14.1. The maximum atomic E-state index is 4.61. The number of anilines is 1. The van der Waals surface area contributed by atoms with E-state index in [4.69, 9.17) is 0 Å². The predicted octanol–water partition coefficient (Wildman–Crippen LogP) is 4.16. The largest absolute Gasteiger partial charge is 0.356 e. The van der Waals surface area contributed by atoms with E-state index >= 15 is 0 Å². The molecule has 1 saturated carbocycles. The maximum absolute atomic E-state index is 4.61. The van der Waals surface area contributed by atoms with E-state index in [-0.39, 0.29) is 0 Å². The van der Waals surface area contributed by atoms with E-state index in [0.29, 0.717) is 12.1 Å². The van der Waals surface area contributed by atoms with Crippen molar-refractivity contribution in [2.75, 3.05) is 18.5 Å². The number of pyridine rings is 1. The number of aromatic nitrogens is 1. The van der Waals surface area contributed by atoms with E-state index in [0.717, 1.165) is 18.3 Å². The van der Waals surface area contributed by atoms with E-state index in [1.807, 2.05) is 6.20 Å². The lowest BCUT2D eigenvalue weighted by atomic mass is 9.85. The van der Waals surface area contributed by atoms with Crippen LogP contribution in [0.4, 0.5) is 5.82 Å². The maximum Gasteiger partial charge on any atom is 0.128 e. The summed E-state index contributed by atoms with van der Waals surface area (Å²) in [5.41, 5.74) is 1.34. The SMILES string of the molecule is CCCNC(C)c1ccnc(N(C)C2CCCCC2C)c1. The van der Waals surface area contributed by atoms with Gasteiger partial charge in [-0.25, -0.2) is 4.98 Å². The minimum atomic E-state index is 0.392. The molecule has 0 saturated heterocycles. The third-order valence-electron chi connectivity index (χ3n) is 4.90.